The molecule has 108 valence electrons. The Hall–Kier alpha value is -1.46. The van der Waals surface area contributed by atoms with E-state index in [4.69, 9.17) is 4.74 Å². The van der Waals surface area contributed by atoms with Crippen molar-refractivity contribution in [2.24, 2.45) is 0 Å². The molecule has 1 aromatic heterocycles. The number of likely N-dealkylation sites (tertiary alicyclic amines) is 1. The summed E-state index contributed by atoms with van der Waals surface area (Å²) in [6.07, 6.45) is -1.27. The van der Waals surface area contributed by atoms with Gasteiger partial charge in [0.25, 0.3) is 0 Å². The van der Waals surface area contributed by atoms with E-state index >= 15 is 0 Å². The van der Waals surface area contributed by atoms with Crippen LogP contribution in [0.15, 0.2) is 24.3 Å². The van der Waals surface area contributed by atoms with Gasteiger partial charge < -0.3 is 9.72 Å². The highest BCUT2D eigenvalue weighted by Crippen LogP contribution is 2.20. The predicted molar refractivity (Wildman–Crippen MR) is 76.3 cm³/mol. The molecule has 2 aromatic rings. The molecular weight excluding hydrogens is 257 g/mol. The molecule has 1 fully saturated rings. The molecule has 1 saturated heterocycles. The van der Waals surface area contributed by atoms with Crippen LogP contribution in [-0.4, -0.2) is 46.3 Å². The van der Waals surface area contributed by atoms with Gasteiger partial charge in [-0.1, -0.05) is 12.1 Å². The van der Waals surface area contributed by atoms with Gasteiger partial charge in [0.05, 0.1) is 11.0 Å². The zero-order valence-electron chi connectivity index (χ0n) is 11.8. The monoisotopic (exact) mass is 277 g/mol. The van der Waals surface area contributed by atoms with Crippen molar-refractivity contribution in [1.29, 1.82) is 0 Å². The first-order chi connectivity index (χ1) is 9.63. The standard InChI is InChI=1S/C15H20FN3O/c1-10(2)19-7-11(16)14(8-19)20-9-15-17-12-5-3-4-6-13(12)18-15/h3-6,10-11,14H,7-9H2,1-2H3,(H,17,18). The van der Waals surface area contributed by atoms with E-state index in [9.17, 15) is 4.39 Å². The molecule has 0 amide bonds. The van der Waals surface area contributed by atoms with Crippen LogP contribution < -0.4 is 0 Å². The van der Waals surface area contributed by atoms with Crippen LogP contribution >= 0.6 is 0 Å². The fraction of sp³-hybridized carbons (Fsp3) is 0.533. The molecule has 2 unspecified atom stereocenters. The minimum absolute atomic E-state index is 0.325. The molecular formula is C15H20FN3O. The number of rotatable bonds is 4. The Morgan fingerprint density at radius 2 is 2.20 bits per heavy atom. The highest BCUT2D eigenvalue weighted by Gasteiger charge is 2.34. The number of fused-ring (bicyclic) bond motifs is 1. The van der Waals surface area contributed by atoms with Crippen molar-refractivity contribution in [3.8, 4) is 0 Å². The number of benzene rings is 1. The Morgan fingerprint density at radius 1 is 1.40 bits per heavy atom. The SMILES string of the molecule is CC(C)N1CC(F)C(OCc2nc3ccccc3[nH]2)C1. The van der Waals surface area contributed by atoms with Gasteiger partial charge in [0.15, 0.2) is 0 Å². The summed E-state index contributed by atoms with van der Waals surface area (Å²) in [5, 5.41) is 0. The number of aromatic nitrogens is 2. The number of imidazole rings is 1. The first-order valence-electron chi connectivity index (χ1n) is 7.07. The molecule has 1 aliphatic rings. The van der Waals surface area contributed by atoms with Gasteiger partial charge in [-0.15, -0.1) is 0 Å². The molecule has 1 aliphatic heterocycles. The van der Waals surface area contributed by atoms with Crippen LogP contribution in [0.25, 0.3) is 11.0 Å². The summed E-state index contributed by atoms with van der Waals surface area (Å²) in [7, 11) is 0. The van der Waals surface area contributed by atoms with Gasteiger partial charge in [-0.05, 0) is 26.0 Å². The number of alkyl halides is 1. The van der Waals surface area contributed by atoms with Crippen LogP contribution in [0.5, 0.6) is 0 Å². The lowest BCUT2D eigenvalue weighted by Crippen LogP contribution is -2.29. The molecule has 1 N–H and O–H groups in total. The van der Waals surface area contributed by atoms with Crippen LogP contribution in [0.3, 0.4) is 0 Å². The molecule has 5 heteroatoms. The minimum atomic E-state index is -0.915. The summed E-state index contributed by atoms with van der Waals surface area (Å²) in [6, 6.07) is 8.18. The van der Waals surface area contributed by atoms with Crippen molar-refractivity contribution in [2.45, 2.75) is 38.8 Å². The molecule has 0 spiro atoms. The summed E-state index contributed by atoms with van der Waals surface area (Å²) in [6.45, 7) is 5.59. The molecule has 0 saturated carbocycles. The summed E-state index contributed by atoms with van der Waals surface area (Å²) in [5.74, 6) is 0.751. The first-order valence-corrected chi connectivity index (χ1v) is 7.07. The van der Waals surface area contributed by atoms with Crippen LogP contribution in [0.4, 0.5) is 4.39 Å². The van der Waals surface area contributed by atoms with Crippen LogP contribution in [0.2, 0.25) is 0 Å². The van der Waals surface area contributed by atoms with Gasteiger partial charge in [-0.3, -0.25) is 4.90 Å². The van der Waals surface area contributed by atoms with Gasteiger partial charge >= 0.3 is 0 Å². The number of hydrogen-bond acceptors (Lipinski definition) is 3. The topological polar surface area (TPSA) is 41.1 Å². The molecule has 2 atom stereocenters. The number of hydrogen-bond donors (Lipinski definition) is 1. The van der Waals surface area contributed by atoms with E-state index in [2.05, 4.69) is 28.7 Å². The van der Waals surface area contributed by atoms with Gasteiger partial charge in [-0.25, -0.2) is 9.37 Å². The largest absolute Gasteiger partial charge is 0.366 e. The number of ether oxygens (including phenoxy) is 1. The summed E-state index contributed by atoms with van der Waals surface area (Å²) < 4.78 is 19.6. The van der Waals surface area contributed by atoms with E-state index < -0.39 is 6.17 Å². The Bertz CT molecular complexity index is 550. The van der Waals surface area contributed by atoms with E-state index in [0.717, 1.165) is 16.9 Å². The summed E-state index contributed by atoms with van der Waals surface area (Å²) >= 11 is 0. The lowest BCUT2D eigenvalue weighted by Gasteiger charge is -2.19. The quantitative estimate of drug-likeness (QED) is 0.933. The van der Waals surface area contributed by atoms with Crippen molar-refractivity contribution in [1.82, 2.24) is 14.9 Å². The number of nitrogens with one attached hydrogen (secondary N) is 1. The predicted octanol–water partition coefficient (Wildman–Crippen LogP) is 2.51. The summed E-state index contributed by atoms with van der Waals surface area (Å²) in [4.78, 5) is 9.74. The van der Waals surface area contributed by atoms with Crippen molar-refractivity contribution >= 4 is 11.0 Å². The Morgan fingerprint density at radius 3 is 2.90 bits per heavy atom. The van der Waals surface area contributed by atoms with E-state index in [1.54, 1.807) is 0 Å². The van der Waals surface area contributed by atoms with E-state index in [-0.39, 0.29) is 6.10 Å². The molecule has 0 bridgehead atoms. The number of nitrogens with zero attached hydrogens (tertiary/aromatic N) is 2. The third-order valence-corrected chi connectivity index (χ3v) is 3.83. The highest BCUT2D eigenvalue weighted by molar-refractivity contribution is 5.74. The maximum atomic E-state index is 13.9. The average molecular weight is 277 g/mol. The van der Waals surface area contributed by atoms with Crippen molar-refractivity contribution in [3.63, 3.8) is 0 Å². The van der Waals surface area contributed by atoms with Crippen LogP contribution in [0, 0.1) is 0 Å². The molecule has 4 nitrogen and oxygen atoms in total. The van der Waals surface area contributed by atoms with Gasteiger partial charge in [0, 0.05) is 19.1 Å². The van der Waals surface area contributed by atoms with Gasteiger partial charge in [0.1, 0.15) is 24.7 Å². The molecule has 1 aromatic carbocycles. The highest BCUT2D eigenvalue weighted by atomic mass is 19.1. The van der Waals surface area contributed by atoms with E-state index in [1.807, 2.05) is 24.3 Å². The normalized spacial score (nSPS) is 24.0. The second kappa shape index (κ2) is 5.50. The average Bonchev–Trinajstić information content (AvgIpc) is 2.99. The summed E-state index contributed by atoms with van der Waals surface area (Å²) in [5.41, 5.74) is 1.90. The fourth-order valence-corrected chi connectivity index (χ4v) is 2.60. The van der Waals surface area contributed by atoms with Crippen LogP contribution in [-0.2, 0) is 11.3 Å². The maximum absolute atomic E-state index is 13.9. The number of para-hydroxylation sites is 2. The first kappa shape index (κ1) is 13.5. The van der Waals surface area contributed by atoms with Gasteiger partial charge in [0.2, 0.25) is 0 Å². The number of aromatic amines is 1. The van der Waals surface area contributed by atoms with E-state index in [0.29, 0.717) is 25.7 Å². The Kier molecular flexibility index (Phi) is 3.72. The maximum Gasteiger partial charge on any atom is 0.140 e. The number of H-pyrrole nitrogens is 1. The third kappa shape index (κ3) is 2.69. The second-order valence-corrected chi connectivity index (χ2v) is 5.61. The lowest BCUT2D eigenvalue weighted by atomic mass is 10.3. The van der Waals surface area contributed by atoms with Crippen LogP contribution in [0.1, 0.15) is 19.7 Å². The van der Waals surface area contributed by atoms with Crippen molar-refractivity contribution in [3.05, 3.63) is 30.1 Å². The molecule has 20 heavy (non-hydrogen) atoms. The van der Waals surface area contributed by atoms with Crippen molar-refractivity contribution < 1.29 is 9.13 Å². The smallest absolute Gasteiger partial charge is 0.140 e. The molecule has 0 radical (unpaired) electrons. The molecule has 3 rings (SSSR count). The Labute approximate surface area is 117 Å². The zero-order chi connectivity index (χ0) is 14.1. The molecule has 0 aliphatic carbocycles. The Balaban J connectivity index is 1.62. The number of halogens is 1. The zero-order valence-corrected chi connectivity index (χ0v) is 11.8. The lowest BCUT2D eigenvalue weighted by molar-refractivity contribution is 0.00814. The minimum Gasteiger partial charge on any atom is -0.366 e. The fourth-order valence-electron chi connectivity index (χ4n) is 2.60. The second-order valence-electron chi connectivity index (χ2n) is 5.61. The van der Waals surface area contributed by atoms with E-state index in [1.165, 1.54) is 0 Å². The molecule has 2 heterocycles. The van der Waals surface area contributed by atoms with Crippen molar-refractivity contribution in [2.75, 3.05) is 13.1 Å². The van der Waals surface area contributed by atoms with Gasteiger partial charge in [-0.2, -0.15) is 0 Å². The third-order valence-electron chi connectivity index (χ3n) is 3.83.